The van der Waals surface area contributed by atoms with Crippen LogP contribution < -0.4 is 5.73 Å². The summed E-state index contributed by atoms with van der Waals surface area (Å²) in [6, 6.07) is 39.6. The van der Waals surface area contributed by atoms with Gasteiger partial charge >= 0.3 is 29.8 Å². The number of ketones is 2. The Morgan fingerprint density at radius 3 is 0.926 bits per heavy atom. The zero-order chi connectivity index (χ0) is 87.5. The number of benzene rings is 6. The maximum atomic E-state index is 13.1. The average Bonchev–Trinajstić information content (AvgIpc) is 0.806. The van der Waals surface area contributed by atoms with Crippen LogP contribution in [0.1, 0.15) is 141 Å². The molecule has 0 bridgehead atoms. The van der Waals surface area contributed by atoms with E-state index in [4.69, 9.17) is 63.3 Å². The van der Waals surface area contributed by atoms with Gasteiger partial charge in [-0.25, -0.2) is 4.79 Å². The average molecular weight is 1810 g/mol. The molecule has 0 saturated carbocycles. The Morgan fingerprint density at radius 2 is 0.628 bits per heavy atom. The molecule has 6 aromatic carbocycles. The lowest BCUT2D eigenvalue weighted by Crippen LogP contribution is -2.55. The first-order valence-electron chi connectivity index (χ1n) is 38.3. The number of aliphatic hydroxyl groups excluding tert-OH is 16. The Kier molecular flexibility index (Phi) is 36.7. The van der Waals surface area contributed by atoms with Crippen molar-refractivity contribution in [2.75, 3.05) is 45.4 Å². The number of halogens is 1. The lowest BCUT2D eigenvalue weighted by Gasteiger charge is -2.40. The molecule has 6 aliphatic heterocycles. The number of rotatable bonds is 23. The first-order chi connectivity index (χ1) is 57.1. The van der Waals surface area contributed by atoms with Crippen LogP contribution in [0.15, 0.2) is 170 Å². The first kappa shape index (κ1) is 97.6. The molecule has 0 aliphatic carbocycles. The highest BCUT2D eigenvalue weighted by Gasteiger charge is 2.48. The predicted octanol–water partition coefficient (Wildman–Crippen LogP) is 0.783. The summed E-state index contributed by atoms with van der Waals surface area (Å²) in [6.45, 7) is 2.98. The lowest BCUT2D eigenvalue weighted by atomic mass is 9.89. The van der Waals surface area contributed by atoms with Crippen molar-refractivity contribution >= 4 is 71.1 Å². The molecular formula is C85H104INO34. The number of ether oxygens (including phenoxy) is 10. The Labute approximate surface area is 712 Å². The molecule has 0 aromatic heterocycles. The summed E-state index contributed by atoms with van der Waals surface area (Å²) in [7, 11) is 0. The summed E-state index contributed by atoms with van der Waals surface area (Å²) < 4.78 is 54.5. The number of anilines is 1. The molecule has 26 atom stereocenters. The Balaban J connectivity index is 0.000000232. The number of carboxylic acids is 1. The van der Waals surface area contributed by atoms with E-state index >= 15 is 0 Å². The van der Waals surface area contributed by atoms with Crippen LogP contribution in [-0.4, -0.2) is 290 Å². The molecule has 12 rings (SSSR count). The number of carboxylic acid groups (broad SMARTS) is 1. The number of carbonyl (C=O) groups is 7. The van der Waals surface area contributed by atoms with Crippen molar-refractivity contribution in [3.63, 3.8) is 0 Å². The number of esters is 4. The molecule has 121 heavy (non-hydrogen) atoms. The van der Waals surface area contributed by atoms with Gasteiger partial charge in [0.1, 0.15) is 172 Å². The fraction of sp³-hybridized carbons (Fsp3) is 0.447. The van der Waals surface area contributed by atoms with E-state index < -0.39 is 209 Å². The van der Waals surface area contributed by atoms with E-state index in [1.54, 1.807) is 115 Å². The van der Waals surface area contributed by atoms with Crippen LogP contribution in [0.3, 0.4) is 0 Å². The summed E-state index contributed by atoms with van der Waals surface area (Å²) in [6.07, 6.45) is -22.0. The largest absolute Gasteiger partial charge is 0.478 e. The number of aromatic carboxylic acids is 1. The molecule has 6 aliphatic rings. The van der Waals surface area contributed by atoms with E-state index in [1.165, 1.54) is 52.0 Å². The van der Waals surface area contributed by atoms with Crippen LogP contribution in [0.4, 0.5) is 5.69 Å². The quantitative estimate of drug-likeness (QED) is 0.0105. The second-order valence-corrected chi connectivity index (χ2v) is 29.2. The molecule has 4 fully saturated rings. The van der Waals surface area contributed by atoms with Crippen molar-refractivity contribution < 1.29 is 169 Å². The van der Waals surface area contributed by atoms with Gasteiger partial charge in [-0.3, -0.25) is 28.8 Å². The number of hydrogen-bond donors (Lipinski definition) is 18. The van der Waals surface area contributed by atoms with Crippen molar-refractivity contribution in [2.45, 2.75) is 199 Å². The van der Waals surface area contributed by atoms with Gasteiger partial charge in [0.2, 0.25) is 0 Å². The van der Waals surface area contributed by atoms with Crippen LogP contribution in [0, 0.1) is 0 Å². The summed E-state index contributed by atoms with van der Waals surface area (Å²) >= 11 is 0. The minimum atomic E-state index is -1.53. The number of nitrogens with two attached hydrogens (primary N) is 1. The summed E-state index contributed by atoms with van der Waals surface area (Å²) in [5, 5.41) is 167. The molecule has 0 spiro atoms. The molecule has 35 nitrogen and oxygen atoms in total. The van der Waals surface area contributed by atoms with Gasteiger partial charge in [0.05, 0.1) is 32.0 Å². The molecule has 6 aromatic rings. The lowest BCUT2D eigenvalue weighted by molar-refractivity contribution is -0.231. The topological polar surface area (TPSA) is 582 Å². The molecule has 0 unspecified atom stereocenters. The minimum Gasteiger partial charge on any atom is -0.478 e. The van der Waals surface area contributed by atoms with Gasteiger partial charge in [0, 0.05) is 58.8 Å². The summed E-state index contributed by atoms with van der Waals surface area (Å²) in [4.78, 5) is 81.9. The molecule has 19 N–H and O–H groups in total. The van der Waals surface area contributed by atoms with E-state index in [0.29, 0.717) is 44.6 Å². The number of hydrogen-bond acceptors (Lipinski definition) is 34. The van der Waals surface area contributed by atoms with E-state index in [2.05, 4.69) is 0 Å². The minimum absolute atomic E-state index is 0. The molecule has 4 saturated heterocycles. The molecule has 0 amide bonds. The summed E-state index contributed by atoms with van der Waals surface area (Å²) in [5.41, 5.74) is 11.8. The van der Waals surface area contributed by atoms with E-state index in [-0.39, 0.29) is 74.7 Å². The molecule has 0 radical (unpaired) electrons. The summed E-state index contributed by atoms with van der Waals surface area (Å²) in [5.74, 6) is -3.36. The standard InChI is InChI=1S/C30H34O11.C26H32O11.C16H19NO5.C13H16O7.HI.H2/c1-16(32)38-15-26-24(39-17(2)33)11-10-23(40-26)19-8-6-18(7-9-19)12-22(34)20-4-3-5-21(13-20)30-29(37)28(36)27(35)25(14-31)41-30;27-10-17-19(30)21(32)23(34)25(36-17)13-6-4-12(5-7-13)8-16(29)14-2-1-3-15(9-14)26-24(35)22(33)20(31)18(11-28)37-26;1-10(18)20-9-16-15(21-11(2)19)8-7-14(22-16)12-3-5-13(17)6-4-12;14-5-8-9(15)10(16)11(17)12(20-8)6-2-1-3-7(4-6)13(18)19;;/h3-11,13,23-31,35-37H,12,14-15H2,1-2H3;1-7,9,17-28,30-35H,8,10-11H2;3-8,14-16H,9,17H2,1-2H3;1-4,8-12,14-17H,5H2,(H,18,19);2*1H/t23-,24-,25+,26+,27+,28-,29-,30+;17-,18-,19-,20-,21+,22+,23+,24+,25-,26-;14-,15-,16+;8-,9-,10+,11+,12-;;/m0101../s1/i;;;;;1+1. The van der Waals surface area contributed by atoms with Crippen LogP contribution in [0.2, 0.25) is 0 Å². The van der Waals surface area contributed by atoms with Gasteiger partial charge in [-0.2, -0.15) is 0 Å². The fourth-order valence-corrected chi connectivity index (χ4v) is 14.0. The zero-order valence-electron chi connectivity index (χ0n) is 65.9. The molecule has 36 heteroatoms. The van der Waals surface area contributed by atoms with Crippen LogP contribution >= 0.6 is 24.0 Å². The van der Waals surface area contributed by atoms with Crippen LogP contribution in [0.25, 0.3) is 0 Å². The van der Waals surface area contributed by atoms with Gasteiger partial charge in [-0.05, 0) is 93.1 Å². The van der Waals surface area contributed by atoms with Crippen molar-refractivity contribution in [1.82, 2.24) is 0 Å². The van der Waals surface area contributed by atoms with E-state index in [0.717, 1.165) is 16.7 Å². The maximum Gasteiger partial charge on any atom is 0.335 e. The van der Waals surface area contributed by atoms with E-state index in [9.17, 15) is 110 Å². The third-order valence-electron chi connectivity index (χ3n) is 20.5. The number of Topliss-reactive ketones (excluding diaryl/α,β-unsaturated/α-hetero) is 2. The zero-order valence-corrected chi connectivity index (χ0v) is 68.2. The number of carbonyl (C=O) groups excluding carboxylic acids is 6. The molecular weight excluding hydrogens is 1710 g/mol. The number of nitrogen functional groups attached to an aromatic ring is 1. The number of aliphatic hydroxyl groups is 16. The van der Waals surface area contributed by atoms with Crippen molar-refractivity contribution in [3.05, 3.63) is 231 Å². The maximum absolute atomic E-state index is 13.1. The first-order valence-corrected chi connectivity index (χ1v) is 38.3. The van der Waals surface area contributed by atoms with E-state index in [1.807, 2.05) is 30.3 Å². The monoisotopic (exact) mass is 1810 g/mol. The SMILES string of the molecule is CC(=O)OC[C@H]1O[C@H](c2ccc(CC(=O)c3cccc([C@H]4O[C@H](CO)[C@@H](O)[C@H](O)[C@@H]4O)c3)cc2)C=C[C@@H]1OC(C)=O.CC(=O)OC[C@H]1O[C@H](c2ccc(N)cc2)C=C[C@@H]1OC(C)=O.I.O=C(Cc1ccc([C@H]2O[C@H](CO)[C@@H](O)[C@H](O)[C@@H]2O)cc1)c1cccc([C@H]2O[C@H](CO)[C@@H](O)[C@H](O)[C@@H]2O)c1.O=C(O)c1cccc([C@H]2O[C@H](CO)[C@@H](O)[C@H](O)[C@@H]2O)c1.[2HH]. The second-order valence-electron chi connectivity index (χ2n) is 29.2. The molecule has 660 valence electrons. The normalized spacial score (nSPS) is 31.0. The highest BCUT2D eigenvalue weighted by Crippen LogP contribution is 2.39. The Hall–Kier alpha value is -8.86. The third-order valence-corrected chi connectivity index (χ3v) is 20.5. The fourth-order valence-electron chi connectivity index (χ4n) is 14.0. The van der Waals surface area contributed by atoms with Gasteiger partial charge in [-0.1, -0.05) is 121 Å². The van der Waals surface area contributed by atoms with Crippen molar-refractivity contribution in [2.24, 2.45) is 0 Å². The van der Waals surface area contributed by atoms with Gasteiger partial charge in [-0.15, -0.1) is 24.0 Å². The predicted molar refractivity (Wildman–Crippen MR) is 432 cm³/mol. The van der Waals surface area contributed by atoms with Gasteiger partial charge < -0.3 is 140 Å². The highest BCUT2D eigenvalue weighted by molar-refractivity contribution is 14.0. The van der Waals surface area contributed by atoms with Crippen LogP contribution in [0.5, 0.6) is 0 Å². The smallest absolute Gasteiger partial charge is 0.335 e. The Bertz CT molecular complexity index is 4460. The highest BCUT2D eigenvalue weighted by atomic mass is 127. The second kappa shape index (κ2) is 45.5. The van der Waals surface area contributed by atoms with Gasteiger partial charge in [0.15, 0.2) is 11.6 Å². The van der Waals surface area contributed by atoms with Crippen molar-refractivity contribution in [3.8, 4) is 0 Å². The van der Waals surface area contributed by atoms with Gasteiger partial charge in [0.25, 0.3) is 0 Å². The van der Waals surface area contributed by atoms with Crippen LogP contribution in [-0.2, 0) is 79.4 Å². The molecule has 6 heterocycles. The van der Waals surface area contributed by atoms with Crippen molar-refractivity contribution in [1.29, 1.82) is 0 Å². The third kappa shape index (κ3) is 25.7. The Morgan fingerprint density at radius 1 is 0.339 bits per heavy atom.